The zero-order valence-electron chi connectivity index (χ0n) is 9.85. The predicted molar refractivity (Wildman–Crippen MR) is 63.1 cm³/mol. The van der Waals surface area contributed by atoms with Gasteiger partial charge < -0.3 is 5.11 Å². The van der Waals surface area contributed by atoms with Crippen molar-refractivity contribution in [2.75, 3.05) is 20.1 Å². The Morgan fingerprint density at radius 3 is 2.38 bits per heavy atom. The second-order valence-electron chi connectivity index (χ2n) is 4.23. The van der Waals surface area contributed by atoms with Crippen molar-refractivity contribution in [1.82, 2.24) is 15.6 Å². The Labute approximate surface area is 96.4 Å². The third-order valence-corrected chi connectivity index (χ3v) is 3.06. The van der Waals surface area contributed by atoms with Gasteiger partial charge in [0, 0.05) is 25.7 Å². The quantitative estimate of drug-likeness (QED) is 0.585. The van der Waals surface area contributed by atoms with Gasteiger partial charge in [-0.05, 0) is 13.3 Å². The molecule has 16 heavy (non-hydrogen) atoms. The fourth-order valence-corrected chi connectivity index (χ4v) is 2.01. The minimum absolute atomic E-state index is 0.885. The van der Waals surface area contributed by atoms with Gasteiger partial charge in [-0.25, -0.2) is 10.4 Å². The van der Waals surface area contributed by atoms with Gasteiger partial charge in [-0.2, -0.15) is 0 Å². The van der Waals surface area contributed by atoms with E-state index in [4.69, 9.17) is 0 Å². The first-order valence-corrected chi connectivity index (χ1v) is 5.66. The summed E-state index contributed by atoms with van der Waals surface area (Å²) in [6.45, 7) is 3.78. The van der Waals surface area contributed by atoms with Crippen LogP contribution >= 0.6 is 0 Å². The van der Waals surface area contributed by atoms with Gasteiger partial charge in [0.15, 0.2) is 5.72 Å². The van der Waals surface area contributed by atoms with E-state index in [1.807, 2.05) is 37.4 Å². The number of benzene rings is 1. The molecule has 1 aliphatic rings. The lowest BCUT2D eigenvalue weighted by atomic mass is 10.1. The number of hydrazine groups is 2. The highest BCUT2D eigenvalue weighted by Gasteiger charge is 2.36. The van der Waals surface area contributed by atoms with E-state index >= 15 is 0 Å². The Hall–Kier alpha value is -0.940. The van der Waals surface area contributed by atoms with Crippen LogP contribution in [0.2, 0.25) is 0 Å². The zero-order chi connectivity index (χ0) is 11.6. The van der Waals surface area contributed by atoms with Crippen molar-refractivity contribution in [2.45, 2.75) is 19.1 Å². The monoisotopic (exact) mass is 221 g/mol. The fourth-order valence-electron chi connectivity index (χ4n) is 2.01. The molecule has 4 heteroatoms. The minimum atomic E-state index is -1.02. The fraction of sp³-hybridized carbons (Fsp3) is 0.500. The molecule has 0 spiro atoms. The summed E-state index contributed by atoms with van der Waals surface area (Å²) < 4.78 is 0. The molecule has 0 aliphatic carbocycles. The van der Waals surface area contributed by atoms with Gasteiger partial charge in [0.1, 0.15) is 0 Å². The lowest BCUT2D eigenvalue weighted by Crippen LogP contribution is -2.63. The Morgan fingerprint density at radius 1 is 1.31 bits per heavy atom. The molecule has 4 nitrogen and oxygen atoms in total. The molecule has 0 aromatic heterocycles. The topological polar surface area (TPSA) is 38.7 Å². The maximum absolute atomic E-state index is 10.6. The van der Waals surface area contributed by atoms with Crippen molar-refractivity contribution >= 4 is 0 Å². The van der Waals surface area contributed by atoms with Crippen LogP contribution in [0.1, 0.15) is 18.9 Å². The molecule has 0 radical (unpaired) electrons. The first-order chi connectivity index (χ1) is 7.66. The van der Waals surface area contributed by atoms with Crippen LogP contribution in [-0.2, 0) is 5.72 Å². The van der Waals surface area contributed by atoms with E-state index in [1.165, 1.54) is 6.42 Å². The molecular weight excluding hydrogens is 202 g/mol. The van der Waals surface area contributed by atoms with Crippen molar-refractivity contribution in [3.05, 3.63) is 35.9 Å². The third kappa shape index (κ3) is 1.97. The Bertz CT molecular complexity index is 335. The second kappa shape index (κ2) is 4.51. The maximum atomic E-state index is 10.6. The van der Waals surface area contributed by atoms with Gasteiger partial charge in [-0.15, -0.1) is 5.12 Å². The highest BCUT2D eigenvalue weighted by Crippen LogP contribution is 2.26. The molecule has 0 bridgehead atoms. The lowest BCUT2D eigenvalue weighted by molar-refractivity contribution is -0.256. The number of aliphatic hydroxyl groups is 1. The lowest BCUT2D eigenvalue weighted by Gasteiger charge is -2.47. The number of nitrogens with zero attached hydrogens (tertiary/aromatic N) is 2. The molecule has 1 aliphatic heterocycles. The number of rotatable bonds is 4. The van der Waals surface area contributed by atoms with Crippen LogP contribution < -0.4 is 5.43 Å². The van der Waals surface area contributed by atoms with E-state index in [-0.39, 0.29) is 0 Å². The molecule has 1 atom stereocenters. The Morgan fingerprint density at radius 2 is 1.94 bits per heavy atom. The highest BCUT2D eigenvalue weighted by molar-refractivity contribution is 5.20. The standard InChI is InChI=1S/C12H19N3O/c1-12(16,11-7-4-3-5-8-11)15(13-2)14-9-6-10-14/h3-5,7-8,13,16H,6,9-10H2,1-2H3. The highest BCUT2D eigenvalue weighted by atomic mass is 16.3. The first-order valence-electron chi connectivity index (χ1n) is 5.66. The molecule has 88 valence electrons. The average Bonchev–Trinajstić information content (AvgIpc) is 2.24. The summed E-state index contributed by atoms with van der Waals surface area (Å²) in [5, 5.41) is 14.5. The number of nitrogens with one attached hydrogen (secondary N) is 1. The van der Waals surface area contributed by atoms with Gasteiger partial charge in [-0.1, -0.05) is 30.3 Å². The van der Waals surface area contributed by atoms with Gasteiger partial charge in [-0.3, -0.25) is 0 Å². The SMILES string of the molecule is CNN(N1CCC1)C(C)(O)c1ccccc1. The minimum Gasteiger partial charge on any atom is -0.369 e. The van der Waals surface area contributed by atoms with Crippen molar-refractivity contribution < 1.29 is 5.11 Å². The van der Waals surface area contributed by atoms with Crippen LogP contribution in [0.3, 0.4) is 0 Å². The van der Waals surface area contributed by atoms with Crippen molar-refractivity contribution in [3.8, 4) is 0 Å². The summed E-state index contributed by atoms with van der Waals surface area (Å²) in [6.07, 6.45) is 1.18. The van der Waals surface area contributed by atoms with Gasteiger partial charge >= 0.3 is 0 Å². The molecule has 1 saturated heterocycles. The largest absolute Gasteiger partial charge is 0.369 e. The molecule has 1 aromatic carbocycles. The van der Waals surface area contributed by atoms with E-state index in [1.54, 1.807) is 12.0 Å². The Kier molecular flexibility index (Phi) is 3.25. The van der Waals surface area contributed by atoms with Gasteiger partial charge in [0.25, 0.3) is 0 Å². The van der Waals surface area contributed by atoms with E-state index in [0.29, 0.717) is 0 Å². The molecule has 1 fully saturated rings. The van der Waals surface area contributed by atoms with E-state index in [0.717, 1.165) is 18.7 Å². The molecule has 2 N–H and O–H groups in total. The summed E-state index contributed by atoms with van der Waals surface area (Å²) in [5.41, 5.74) is 2.92. The van der Waals surface area contributed by atoms with Crippen LogP contribution in [0.5, 0.6) is 0 Å². The summed E-state index contributed by atoms with van der Waals surface area (Å²) in [4.78, 5) is 0. The van der Waals surface area contributed by atoms with Crippen molar-refractivity contribution in [2.24, 2.45) is 0 Å². The molecule has 2 rings (SSSR count). The summed E-state index contributed by atoms with van der Waals surface area (Å²) in [6, 6.07) is 9.70. The third-order valence-electron chi connectivity index (χ3n) is 3.06. The molecular formula is C12H19N3O. The predicted octanol–water partition coefficient (Wildman–Crippen LogP) is 0.909. The van der Waals surface area contributed by atoms with Crippen LogP contribution in [0, 0.1) is 0 Å². The van der Waals surface area contributed by atoms with Crippen LogP contribution in [0.25, 0.3) is 0 Å². The number of hydrogen-bond donors (Lipinski definition) is 2. The van der Waals surface area contributed by atoms with Crippen molar-refractivity contribution in [1.29, 1.82) is 0 Å². The van der Waals surface area contributed by atoms with E-state index in [9.17, 15) is 5.11 Å². The van der Waals surface area contributed by atoms with Gasteiger partial charge in [0.05, 0.1) is 0 Å². The number of hydrogen-bond acceptors (Lipinski definition) is 4. The molecule has 0 saturated carbocycles. The smallest absolute Gasteiger partial charge is 0.168 e. The van der Waals surface area contributed by atoms with Crippen LogP contribution in [-0.4, -0.2) is 35.4 Å². The van der Waals surface area contributed by atoms with E-state index in [2.05, 4.69) is 10.4 Å². The first kappa shape index (κ1) is 11.5. The summed E-state index contributed by atoms with van der Waals surface area (Å²) in [5.74, 6) is 0. The van der Waals surface area contributed by atoms with Crippen molar-refractivity contribution in [3.63, 3.8) is 0 Å². The molecule has 1 unspecified atom stereocenters. The summed E-state index contributed by atoms with van der Waals surface area (Å²) >= 11 is 0. The zero-order valence-corrected chi connectivity index (χ0v) is 9.85. The second-order valence-corrected chi connectivity index (χ2v) is 4.23. The average molecular weight is 221 g/mol. The molecule has 1 heterocycles. The van der Waals surface area contributed by atoms with Crippen LogP contribution in [0.4, 0.5) is 0 Å². The normalized spacial score (nSPS) is 20.5. The Balaban J connectivity index is 2.21. The van der Waals surface area contributed by atoms with E-state index < -0.39 is 5.72 Å². The molecule has 1 aromatic rings. The van der Waals surface area contributed by atoms with Crippen LogP contribution in [0.15, 0.2) is 30.3 Å². The summed E-state index contributed by atoms with van der Waals surface area (Å²) in [7, 11) is 1.83. The maximum Gasteiger partial charge on any atom is 0.168 e. The van der Waals surface area contributed by atoms with Gasteiger partial charge in [0.2, 0.25) is 0 Å². The molecule has 0 amide bonds.